The van der Waals surface area contributed by atoms with Gasteiger partial charge in [0.2, 0.25) is 0 Å². The number of ether oxygens (including phenoxy) is 2. The Bertz CT molecular complexity index is 1050. The fourth-order valence-corrected chi connectivity index (χ4v) is 4.05. The summed E-state index contributed by atoms with van der Waals surface area (Å²) in [5.41, 5.74) is 1.45. The van der Waals surface area contributed by atoms with Crippen LogP contribution in [0, 0.1) is 6.92 Å². The van der Waals surface area contributed by atoms with Crippen molar-refractivity contribution >= 4 is 53.0 Å². The third-order valence-electron chi connectivity index (χ3n) is 4.99. The molecule has 1 amide bonds. The Morgan fingerprint density at radius 3 is 2.76 bits per heavy atom. The highest BCUT2D eigenvalue weighted by Crippen LogP contribution is 2.28. The summed E-state index contributed by atoms with van der Waals surface area (Å²) >= 11 is 1.51. The van der Waals surface area contributed by atoms with Crippen LogP contribution < -0.4 is 15.4 Å². The number of halogens is 2. The number of rotatable bonds is 9. The first-order chi connectivity index (χ1) is 15.7. The lowest BCUT2D eigenvalue weighted by atomic mass is 10.2. The van der Waals surface area contributed by atoms with Gasteiger partial charge >= 0.3 is 0 Å². The van der Waals surface area contributed by atoms with Gasteiger partial charge in [0.25, 0.3) is 5.91 Å². The number of anilines is 2. The summed E-state index contributed by atoms with van der Waals surface area (Å²) in [5.74, 6) is 1.57. The molecule has 34 heavy (non-hydrogen) atoms. The number of carbonyl (C=O) groups is 1. The molecule has 0 atom stereocenters. The number of aromatic nitrogens is 2. The maximum atomic E-state index is 12.8. The molecule has 0 unspecified atom stereocenters. The smallest absolute Gasteiger partial charge is 0.255 e. The number of pyridine rings is 1. The Balaban J connectivity index is 0.00000204. The number of carbonyl (C=O) groups excluding carboxylic acids is 1. The van der Waals surface area contributed by atoms with E-state index in [2.05, 4.69) is 25.5 Å². The number of nitrogens with one attached hydrogen (secondary N) is 2. The summed E-state index contributed by atoms with van der Waals surface area (Å²) in [4.78, 5) is 23.8. The molecule has 3 heterocycles. The van der Waals surface area contributed by atoms with Crippen LogP contribution in [0.4, 0.5) is 10.9 Å². The Hall–Kier alpha value is -2.43. The lowest BCUT2D eigenvalue weighted by Gasteiger charge is -2.26. The van der Waals surface area contributed by atoms with Crippen molar-refractivity contribution in [2.75, 3.05) is 44.7 Å². The molecule has 2 aromatic heterocycles. The van der Waals surface area contributed by atoms with Gasteiger partial charge in [-0.25, -0.2) is 9.97 Å². The minimum Gasteiger partial charge on any atom is -0.456 e. The van der Waals surface area contributed by atoms with Gasteiger partial charge in [0, 0.05) is 37.3 Å². The van der Waals surface area contributed by atoms with Gasteiger partial charge in [-0.15, -0.1) is 36.2 Å². The van der Waals surface area contributed by atoms with Crippen LogP contribution in [0.2, 0.25) is 0 Å². The fraction of sp³-hybridized carbons (Fsp3) is 0.348. The maximum Gasteiger partial charge on any atom is 0.255 e. The van der Waals surface area contributed by atoms with E-state index in [9.17, 15) is 4.79 Å². The summed E-state index contributed by atoms with van der Waals surface area (Å²) < 4.78 is 11.4. The molecule has 1 fully saturated rings. The number of thiazole rings is 1. The normalized spacial score (nSPS) is 13.3. The number of amides is 1. The zero-order chi connectivity index (χ0) is 22.2. The van der Waals surface area contributed by atoms with Crippen LogP contribution in [-0.2, 0) is 4.74 Å². The van der Waals surface area contributed by atoms with Gasteiger partial charge < -0.3 is 20.1 Å². The van der Waals surface area contributed by atoms with Crippen LogP contribution >= 0.6 is 36.2 Å². The first-order valence-corrected chi connectivity index (χ1v) is 11.6. The van der Waals surface area contributed by atoms with Crippen molar-refractivity contribution in [1.82, 2.24) is 20.2 Å². The highest BCUT2D eigenvalue weighted by Gasteiger charge is 2.14. The zero-order valence-corrected chi connectivity index (χ0v) is 21.3. The molecule has 8 nitrogen and oxygen atoms in total. The third kappa shape index (κ3) is 8.11. The molecule has 3 aromatic rings. The fourth-order valence-electron chi connectivity index (χ4n) is 3.36. The Labute approximate surface area is 215 Å². The van der Waals surface area contributed by atoms with Crippen molar-refractivity contribution in [3.8, 4) is 11.5 Å². The van der Waals surface area contributed by atoms with Gasteiger partial charge in [-0.1, -0.05) is 12.1 Å². The zero-order valence-electron chi connectivity index (χ0n) is 18.9. The van der Waals surface area contributed by atoms with Gasteiger partial charge in [-0.3, -0.25) is 9.69 Å². The molecular formula is C23H29Cl2N5O3S. The van der Waals surface area contributed by atoms with Crippen LogP contribution in [-0.4, -0.2) is 60.2 Å². The Morgan fingerprint density at radius 1 is 1.21 bits per heavy atom. The number of hydrogen-bond acceptors (Lipinski definition) is 8. The average Bonchev–Trinajstić information content (AvgIpc) is 3.22. The summed E-state index contributed by atoms with van der Waals surface area (Å²) in [6.07, 6.45) is 2.55. The highest BCUT2D eigenvalue weighted by molar-refractivity contribution is 7.13. The molecule has 11 heteroatoms. The molecule has 1 aliphatic rings. The van der Waals surface area contributed by atoms with E-state index in [1.807, 2.05) is 24.4 Å². The molecule has 0 spiro atoms. The van der Waals surface area contributed by atoms with Crippen LogP contribution in [0.5, 0.6) is 11.5 Å². The Morgan fingerprint density at radius 2 is 2.00 bits per heavy atom. The van der Waals surface area contributed by atoms with E-state index in [1.54, 1.807) is 30.5 Å². The summed E-state index contributed by atoms with van der Waals surface area (Å²) in [7, 11) is 0. The van der Waals surface area contributed by atoms with E-state index in [1.165, 1.54) is 11.3 Å². The van der Waals surface area contributed by atoms with Gasteiger partial charge in [0.1, 0.15) is 17.3 Å². The summed E-state index contributed by atoms with van der Waals surface area (Å²) in [5, 5.41) is 8.92. The standard InChI is InChI=1S/C23H27N5O3S.2ClH/c1-17-16-32-23(26-17)27-21-15-18(7-9-24-21)31-20-6-3-2-5-19(20)22(29)25-8-4-10-28-11-13-30-14-12-28;;/h2-3,5-7,9,15-16H,4,8,10-14H2,1H3,(H,25,29)(H,24,26,27);2*1H. The van der Waals surface area contributed by atoms with Crippen molar-refractivity contribution < 1.29 is 14.3 Å². The highest BCUT2D eigenvalue weighted by atomic mass is 35.5. The van der Waals surface area contributed by atoms with Crippen LogP contribution in [0.15, 0.2) is 48.0 Å². The van der Waals surface area contributed by atoms with E-state index in [0.29, 0.717) is 29.4 Å². The topological polar surface area (TPSA) is 88.6 Å². The monoisotopic (exact) mass is 525 g/mol. The van der Waals surface area contributed by atoms with Gasteiger partial charge in [0.15, 0.2) is 5.13 Å². The van der Waals surface area contributed by atoms with Crippen LogP contribution in [0.25, 0.3) is 0 Å². The number of morpholine rings is 1. The van der Waals surface area contributed by atoms with Crippen molar-refractivity contribution in [3.63, 3.8) is 0 Å². The molecule has 2 N–H and O–H groups in total. The third-order valence-corrected chi connectivity index (χ3v) is 5.86. The molecule has 4 rings (SSSR count). The van der Waals surface area contributed by atoms with Crippen molar-refractivity contribution in [2.45, 2.75) is 13.3 Å². The molecule has 0 radical (unpaired) electrons. The van der Waals surface area contributed by atoms with Crippen molar-refractivity contribution in [2.24, 2.45) is 0 Å². The number of para-hydroxylation sites is 1. The summed E-state index contributed by atoms with van der Waals surface area (Å²) in [6, 6.07) is 10.8. The average molecular weight is 526 g/mol. The van der Waals surface area contributed by atoms with E-state index < -0.39 is 0 Å². The number of benzene rings is 1. The first-order valence-electron chi connectivity index (χ1n) is 10.7. The number of hydrogen-bond donors (Lipinski definition) is 2. The van der Waals surface area contributed by atoms with Crippen LogP contribution in [0.1, 0.15) is 22.5 Å². The molecule has 1 aromatic carbocycles. The second-order valence-corrected chi connectivity index (χ2v) is 8.32. The van der Waals surface area contributed by atoms with E-state index in [4.69, 9.17) is 9.47 Å². The number of aryl methyl sites for hydroxylation is 1. The van der Waals surface area contributed by atoms with E-state index >= 15 is 0 Å². The second kappa shape index (κ2) is 14.1. The van der Waals surface area contributed by atoms with E-state index in [0.717, 1.165) is 50.1 Å². The van der Waals surface area contributed by atoms with Crippen LogP contribution in [0.3, 0.4) is 0 Å². The lowest BCUT2D eigenvalue weighted by molar-refractivity contribution is 0.0374. The quantitative estimate of drug-likeness (QED) is 0.392. The van der Waals surface area contributed by atoms with E-state index in [-0.39, 0.29) is 30.7 Å². The largest absolute Gasteiger partial charge is 0.456 e. The Kier molecular flexibility index (Phi) is 11.5. The minimum absolute atomic E-state index is 0. The molecule has 0 saturated carbocycles. The predicted octanol–water partition coefficient (Wildman–Crippen LogP) is 4.68. The van der Waals surface area contributed by atoms with Gasteiger partial charge in [-0.2, -0.15) is 0 Å². The van der Waals surface area contributed by atoms with Gasteiger partial charge in [-0.05, 0) is 38.1 Å². The first kappa shape index (κ1) is 27.8. The van der Waals surface area contributed by atoms with Crippen molar-refractivity contribution in [3.05, 3.63) is 59.2 Å². The minimum atomic E-state index is -0.145. The predicted molar refractivity (Wildman–Crippen MR) is 140 cm³/mol. The number of nitrogens with zero attached hydrogens (tertiary/aromatic N) is 3. The summed E-state index contributed by atoms with van der Waals surface area (Å²) in [6.45, 7) is 6.98. The molecule has 1 saturated heterocycles. The molecule has 0 bridgehead atoms. The molecular weight excluding hydrogens is 497 g/mol. The maximum absolute atomic E-state index is 12.8. The van der Waals surface area contributed by atoms with Gasteiger partial charge in [0.05, 0.1) is 24.5 Å². The molecule has 184 valence electrons. The molecule has 1 aliphatic heterocycles. The van der Waals surface area contributed by atoms with Crippen molar-refractivity contribution in [1.29, 1.82) is 0 Å². The SMILES string of the molecule is Cc1csc(Nc2cc(Oc3ccccc3C(=O)NCCCN3CCOCC3)ccn2)n1.Cl.Cl. The lowest BCUT2D eigenvalue weighted by Crippen LogP contribution is -2.38. The second-order valence-electron chi connectivity index (χ2n) is 7.46. The molecule has 0 aliphatic carbocycles.